The summed E-state index contributed by atoms with van der Waals surface area (Å²) in [6.07, 6.45) is 0. The summed E-state index contributed by atoms with van der Waals surface area (Å²) in [5.41, 5.74) is 7.54. The molecule has 1 aliphatic heterocycles. The van der Waals surface area contributed by atoms with Gasteiger partial charge in [0.05, 0.1) is 11.4 Å². The minimum atomic E-state index is -3.13. The molecule has 0 radical (unpaired) electrons. The van der Waals surface area contributed by atoms with Gasteiger partial charge in [-0.1, -0.05) is 32.9 Å². The number of nitrogens with zero attached hydrogens (tertiary/aromatic N) is 1. The van der Waals surface area contributed by atoms with E-state index in [2.05, 4.69) is 13.8 Å². The largest absolute Gasteiger partial charge is 0.330 e. The van der Waals surface area contributed by atoms with E-state index in [1.54, 1.807) is 0 Å². The minimum absolute atomic E-state index is 0.0876. The second-order valence-electron chi connectivity index (χ2n) is 6.05. The lowest BCUT2D eigenvalue weighted by Crippen LogP contribution is -2.28. The van der Waals surface area contributed by atoms with Crippen molar-refractivity contribution in [1.82, 2.24) is 0 Å². The molecule has 4 nitrogen and oxygen atoms in total. The van der Waals surface area contributed by atoms with Crippen molar-refractivity contribution in [1.29, 1.82) is 0 Å². The summed E-state index contributed by atoms with van der Waals surface area (Å²) in [4.78, 5) is 0. The predicted molar refractivity (Wildman–Crippen MR) is 78.8 cm³/mol. The number of hydrogen-bond acceptors (Lipinski definition) is 3. The first kappa shape index (κ1) is 14.3. The second kappa shape index (κ2) is 4.80. The van der Waals surface area contributed by atoms with Gasteiger partial charge in [-0.25, -0.2) is 8.42 Å². The summed E-state index contributed by atoms with van der Waals surface area (Å²) >= 11 is 0. The maximum Gasteiger partial charge on any atom is 0.235 e. The molecule has 1 fully saturated rings. The van der Waals surface area contributed by atoms with Gasteiger partial charge in [0.2, 0.25) is 10.0 Å². The topological polar surface area (TPSA) is 63.4 Å². The highest BCUT2D eigenvalue weighted by Crippen LogP contribution is 2.29. The smallest absolute Gasteiger partial charge is 0.235 e. The Kier molecular flexibility index (Phi) is 3.62. The Bertz CT molecular complexity index is 549. The van der Waals surface area contributed by atoms with Crippen LogP contribution < -0.4 is 10.0 Å². The van der Waals surface area contributed by atoms with E-state index in [1.807, 2.05) is 31.2 Å². The molecule has 2 rings (SSSR count). The Morgan fingerprint density at radius 2 is 1.89 bits per heavy atom. The molecule has 1 aromatic carbocycles. The van der Waals surface area contributed by atoms with Gasteiger partial charge in [0.1, 0.15) is 0 Å². The molecular weight excluding hydrogens is 260 g/mol. The molecule has 106 valence electrons. The highest BCUT2D eigenvalue weighted by atomic mass is 32.2. The molecule has 1 unspecified atom stereocenters. The molecule has 1 saturated heterocycles. The number of anilines is 1. The van der Waals surface area contributed by atoms with E-state index in [1.165, 1.54) is 4.31 Å². The monoisotopic (exact) mass is 282 g/mol. The SMILES string of the molecule is CC1CN(c2ccc(C(C)(C)CN)cc2)S(=O)(=O)C1. The van der Waals surface area contributed by atoms with E-state index >= 15 is 0 Å². The van der Waals surface area contributed by atoms with Crippen molar-refractivity contribution in [3.05, 3.63) is 29.8 Å². The second-order valence-corrected chi connectivity index (χ2v) is 7.99. The van der Waals surface area contributed by atoms with Crippen molar-refractivity contribution >= 4 is 15.7 Å². The van der Waals surface area contributed by atoms with E-state index in [9.17, 15) is 8.42 Å². The van der Waals surface area contributed by atoms with E-state index in [0.29, 0.717) is 13.1 Å². The molecule has 1 atom stereocenters. The first-order chi connectivity index (χ1) is 8.76. The molecular formula is C14H22N2O2S. The van der Waals surface area contributed by atoms with Crippen molar-refractivity contribution in [3.8, 4) is 0 Å². The van der Waals surface area contributed by atoms with Gasteiger partial charge in [-0.3, -0.25) is 4.31 Å². The third-order valence-electron chi connectivity index (χ3n) is 3.76. The van der Waals surface area contributed by atoms with E-state index in [-0.39, 0.29) is 17.1 Å². The Morgan fingerprint density at radius 3 is 2.32 bits per heavy atom. The van der Waals surface area contributed by atoms with Gasteiger partial charge >= 0.3 is 0 Å². The highest BCUT2D eigenvalue weighted by molar-refractivity contribution is 7.93. The van der Waals surface area contributed by atoms with Crippen LogP contribution in [0.3, 0.4) is 0 Å². The van der Waals surface area contributed by atoms with Gasteiger partial charge in [-0.2, -0.15) is 0 Å². The van der Waals surface area contributed by atoms with Gasteiger partial charge in [0.15, 0.2) is 0 Å². The van der Waals surface area contributed by atoms with E-state index < -0.39 is 10.0 Å². The van der Waals surface area contributed by atoms with Crippen LogP contribution in [0.25, 0.3) is 0 Å². The van der Waals surface area contributed by atoms with Crippen LogP contribution in [0.15, 0.2) is 24.3 Å². The van der Waals surface area contributed by atoms with Crippen LogP contribution in [0, 0.1) is 5.92 Å². The molecule has 0 aliphatic carbocycles. The van der Waals surface area contributed by atoms with E-state index in [4.69, 9.17) is 5.73 Å². The maximum atomic E-state index is 12.0. The Labute approximate surface area is 115 Å². The van der Waals surface area contributed by atoms with Crippen molar-refractivity contribution in [2.45, 2.75) is 26.2 Å². The van der Waals surface area contributed by atoms with Crippen LogP contribution in [-0.4, -0.2) is 27.3 Å². The van der Waals surface area contributed by atoms with Crippen molar-refractivity contribution in [2.75, 3.05) is 23.1 Å². The van der Waals surface area contributed by atoms with Gasteiger partial charge in [-0.05, 0) is 23.6 Å². The standard InChI is InChI=1S/C14H22N2O2S/c1-11-8-16(19(17,18)9-11)13-6-4-12(5-7-13)14(2,3)10-15/h4-7,11H,8-10,15H2,1-3H3. The van der Waals surface area contributed by atoms with Crippen LogP contribution in [0.2, 0.25) is 0 Å². The lowest BCUT2D eigenvalue weighted by molar-refractivity contribution is 0.539. The van der Waals surface area contributed by atoms with Gasteiger partial charge in [0.25, 0.3) is 0 Å². The summed E-state index contributed by atoms with van der Waals surface area (Å²) in [5.74, 6) is 0.424. The van der Waals surface area contributed by atoms with Crippen molar-refractivity contribution in [3.63, 3.8) is 0 Å². The average molecular weight is 282 g/mol. The summed E-state index contributed by atoms with van der Waals surface area (Å²) in [7, 11) is -3.13. The summed E-state index contributed by atoms with van der Waals surface area (Å²) in [5, 5.41) is 0. The normalized spacial score (nSPS) is 22.7. The lowest BCUT2D eigenvalue weighted by atomic mass is 9.85. The Hall–Kier alpha value is -1.07. The van der Waals surface area contributed by atoms with Crippen LogP contribution in [0.5, 0.6) is 0 Å². The first-order valence-electron chi connectivity index (χ1n) is 6.57. The zero-order valence-electron chi connectivity index (χ0n) is 11.8. The summed E-state index contributed by atoms with van der Waals surface area (Å²) in [6, 6.07) is 7.70. The number of sulfonamides is 1. The third kappa shape index (κ3) is 2.77. The Balaban J connectivity index is 2.29. The molecule has 1 heterocycles. The molecule has 2 N–H and O–H groups in total. The zero-order chi connectivity index (χ0) is 14.3. The van der Waals surface area contributed by atoms with Gasteiger partial charge in [-0.15, -0.1) is 0 Å². The van der Waals surface area contributed by atoms with Gasteiger partial charge in [0, 0.05) is 18.5 Å². The van der Waals surface area contributed by atoms with Crippen LogP contribution in [0.4, 0.5) is 5.69 Å². The number of hydrogen-bond donors (Lipinski definition) is 1. The molecule has 0 saturated carbocycles. The predicted octanol–water partition coefficient (Wildman–Crippen LogP) is 1.71. The summed E-state index contributed by atoms with van der Waals surface area (Å²) in [6.45, 7) is 7.25. The fourth-order valence-electron chi connectivity index (χ4n) is 2.36. The molecule has 0 spiro atoms. The first-order valence-corrected chi connectivity index (χ1v) is 8.18. The van der Waals surface area contributed by atoms with E-state index in [0.717, 1.165) is 11.3 Å². The van der Waals surface area contributed by atoms with Crippen LogP contribution >= 0.6 is 0 Å². The molecule has 0 aromatic heterocycles. The fraction of sp³-hybridized carbons (Fsp3) is 0.571. The molecule has 1 aliphatic rings. The molecule has 5 heteroatoms. The average Bonchev–Trinajstić information content (AvgIpc) is 2.62. The minimum Gasteiger partial charge on any atom is -0.330 e. The molecule has 19 heavy (non-hydrogen) atoms. The number of nitrogens with two attached hydrogens (primary N) is 1. The van der Waals surface area contributed by atoms with Crippen LogP contribution in [0.1, 0.15) is 26.3 Å². The third-order valence-corrected chi connectivity index (χ3v) is 5.78. The number of benzene rings is 1. The molecule has 0 amide bonds. The Morgan fingerprint density at radius 1 is 1.32 bits per heavy atom. The fourth-order valence-corrected chi connectivity index (χ4v) is 4.29. The molecule has 0 bridgehead atoms. The van der Waals surface area contributed by atoms with Crippen molar-refractivity contribution in [2.24, 2.45) is 11.7 Å². The quantitative estimate of drug-likeness (QED) is 0.918. The highest BCUT2D eigenvalue weighted by Gasteiger charge is 2.33. The lowest BCUT2D eigenvalue weighted by Gasteiger charge is -2.24. The number of rotatable bonds is 3. The molecule has 1 aromatic rings. The zero-order valence-corrected chi connectivity index (χ0v) is 12.6. The summed E-state index contributed by atoms with van der Waals surface area (Å²) < 4.78 is 25.5. The van der Waals surface area contributed by atoms with Gasteiger partial charge < -0.3 is 5.73 Å². The van der Waals surface area contributed by atoms with Crippen molar-refractivity contribution < 1.29 is 8.42 Å². The maximum absolute atomic E-state index is 12.0. The van der Waals surface area contributed by atoms with Crippen LogP contribution in [-0.2, 0) is 15.4 Å².